The summed E-state index contributed by atoms with van der Waals surface area (Å²) in [5.41, 5.74) is 0.823. The normalized spacial score (nSPS) is 9.94. The molecule has 0 bridgehead atoms. The van der Waals surface area contributed by atoms with Gasteiger partial charge in [0.1, 0.15) is 0 Å². The van der Waals surface area contributed by atoms with Crippen LogP contribution >= 0.6 is 11.6 Å². The molecule has 0 radical (unpaired) electrons. The second-order valence-electron chi connectivity index (χ2n) is 3.23. The van der Waals surface area contributed by atoms with E-state index in [2.05, 4.69) is 15.3 Å². The second-order valence-corrected chi connectivity index (χ2v) is 3.67. The zero-order valence-corrected chi connectivity index (χ0v) is 9.35. The van der Waals surface area contributed by atoms with Crippen LogP contribution in [0.25, 0.3) is 0 Å². The van der Waals surface area contributed by atoms with Crippen LogP contribution in [0.5, 0.6) is 0 Å². The molecular weight excluding hydrogens is 242 g/mol. The second kappa shape index (κ2) is 4.80. The molecule has 1 aromatic heterocycles. The number of carboxylic acids is 1. The number of anilines is 2. The number of aromatic carboxylic acids is 1. The Morgan fingerprint density at radius 2 is 1.76 bits per heavy atom. The summed E-state index contributed by atoms with van der Waals surface area (Å²) in [5, 5.41) is 12.2. The fourth-order valence-corrected chi connectivity index (χ4v) is 1.29. The first-order chi connectivity index (χ1) is 8.15. The third-order valence-corrected chi connectivity index (χ3v) is 2.25. The van der Waals surface area contributed by atoms with Gasteiger partial charge in [0, 0.05) is 23.1 Å². The van der Waals surface area contributed by atoms with Crippen LogP contribution in [0.1, 0.15) is 10.4 Å². The number of hydrogen-bond acceptors (Lipinski definition) is 4. The van der Waals surface area contributed by atoms with Crippen molar-refractivity contribution in [2.75, 3.05) is 5.32 Å². The topological polar surface area (TPSA) is 75.1 Å². The highest BCUT2D eigenvalue weighted by molar-refractivity contribution is 6.30. The van der Waals surface area contributed by atoms with Gasteiger partial charge in [-0.1, -0.05) is 11.6 Å². The predicted octanol–water partition coefficient (Wildman–Crippen LogP) is 2.57. The van der Waals surface area contributed by atoms with Gasteiger partial charge in [-0.2, -0.15) is 0 Å². The van der Waals surface area contributed by atoms with Crippen LogP contribution in [-0.2, 0) is 0 Å². The first-order valence-electron chi connectivity index (χ1n) is 4.73. The predicted molar refractivity (Wildman–Crippen MR) is 63.7 cm³/mol. The smallest absolute Gasteiger partial charge is 0.338 e. The van der Waals surface area contributed by atoms with Gasteiger partial charge in [-0.3, -0.25) is 0 Å². The molecule has 6 heteroatoms. The van der Waals surface area contributed by atoms with Crippen molar-refractivity contribution in [1.29, 1.82) is 0 Å². The average molecular weight is 250 g/mol. The fourth-order valence-electron chi connectivity index (χ4n) is 1.17. The lowest BCUT2D eigenvalue weighted by atomic mass is 10.3. The largest absolute Gasteiger partial charge is 0.478 e. The molecule has 2 N–H and O–H groups in total. The summed E-state index contributed by atoms with van der Waals surface area (Å²) in [6.45, 7) is 0. The molecular formula is C11H8ClN3O2. The van der Waals surface area contributed by atoms with Crippen molar-refractivity contribution >= 4 is 29.2 Å². The van der Waals surface area contributed by atoms with Crippen molar-refractivity contribution < 1.29 is 9.90 Å². The lowest BCUT2D eigenvalue weighted by molar-refractivity contribution is 0.0696. The molecule has 0 aliphatic heterocycles. The van der Waals surface area contributed by atoms with Crippen LogP contribution in [0.4, 0.5) is 11.6 Å². The highest BCUT2D eigenvalue weighted by Gasteiger charge is 2.04. The van der Waals surface area contributed by atoms with Gasteiger partial charge in [-0.05, 0) is 24.3 Å². The van der Waals surface area contributed by atoms with E-state index in [4.69, 9.17) is 16.7 Å². The van der Waals surface area contributed by atoms with Crippen LogP contribution in [0.15, 0.2) is 36.7 Å². The Kier molecular flexibility index (Phi) is 3.20. The third-order valence-electron chi connectivity index (χ3n) is 2.00. The molecule has 1 heterocycles. The Labute approximate surface area is 102 Å². The van der Waals surface area contributed by atoms with Gasteiger partial charge in [0.2, 0.25) is 5.95 Å². The number of carbonyl (C=O) groups is 1. The van der Waals surface area contributed by atoms with Gasteiger partial charge < -0.3 is 10.4 Å². The highest BCUT2D eigenvalue weighted by Crippen LogP contribution is 2.16. The zero-order valence-electron chi connectivity index (χ0n) is 8.59. The summed E-state index contributed by atoms with van der Waals surface area (Å²) in [4.78, 5) is 18.4. The van der Waals surface area contributed by atoms with E-state index in [0.717, 1.165) is 5.69 Å². The number of carboxylic acid groups (broad SMARTS) is 1. The molecule has 0 unspecified atom stereocenters. The summed E-state index contributed by atoms with van der Waals surface area (Å²) in [7, 11) is 0. The number of aromatic nitrogens is 2. The van der Waals surface area contributed by atoms with Crippen LogP contribution in [0.2, 0.25) is 5.02 Å². The van der Waals surface area contributed by atoms with E-state index in [0.29, 0.717) is 11.0 Å². The minimum atomic E-state index is -1.05. The maximum absolute atomic E-state index is 10.6. The number of nitrogens with one attached hydrogen (secondary N) is 1. The number of benzene rings is 1. The lowest BCUT2D eigenvalue weighted by Gasteiger charge is -2.04. The maximum Gasteiger partial charge on any atom is 0.338 e. The molecule has 2 rings (SSSR count). The number of rotatable bonds is 3. The van der Waals surface area contributed by atoms with Gasteiger partial charge in [0.05, 0.1) is 5.56 Å². The Bertz CT molecular complexity index is 525. The van der Waals surface area contributed by atoms with Crippen molar-refractivity contribution in [3.63, 3.8) is 0 Å². The van der Waals surface area contributed by atoms with E-state index in [9.17, 15) is 4.79 Å². The van der Waals surface area contributed by atoms with Gasteiger partial charge in [-0.25, -0.2) is 14.8 Å². The molecule has 0 saturated heterocycles. The molecule has 0 fully saturated rings. The minimum Gasteiger partial charge on any atom is -0.478 e. The molecule has 5 nitrogen and oxygen atoms in total. The fraction of sp³-hybridized carbons (Fsp3) is 0. The Hall–Kier alpha value is -2.14. The molecule has 0 spiro atoms. The zero-order chi connectivity index (χ0) is 12.3. The summed E-state index contributed by atoms with van der Waals surface area (Å²) in [6.07, 6.45) is 2.49. The van der Waals surface area contributed by atoms with Crippen molar-refractivity contribution in [2.24, 2.45) is 0 Å². The Morgan fingerprint density at radius 1 is 1.18 bits per heavy atom. The Balaban J connectivity index is 2.13. The standard InChI is InChI=1S/C11H8ClN3O2/c12-8-1-3-9(4-2-8)15-11-13-5-7(6-14-11)10(16)17/h1-6H,(H,16,17)(H,13,14,15). The Morgan fingerprint density at radius 3 is 2.29 bits per heavy atom. The average Bonchev–Trinajstić information content (AvgIpc) is 2.33. The van der Waals surface area contributed by atoms with Crippen molar-refractivity contribution in [3.05, 3.63) is 47.2 Å². The molecule has 86 valence electrons. The highest BCUT2D eigenvalue weighted by atomic mass is 35.5. The van der Waals surface area contributed by atoms with Crippen LogP contribution in [0, 0.1) is 0 Å². The first kappa shape index (κ1) is 11.3. The number of halogens is 1. The van der Waals surface area contributed by atoms with Crippen LogP contribution < -0.4 is 5.32 Å². The molecule has 0 amide bonds. The quantitative estimate of drug-likeness (QED) is 0.874. The van der Waals surface area contributed by atoms with Crippen LogP contribution in [0.3, 0.4) is 0 Å². The summed E-state index contributed by atoms with van der Waals surface area (Å²) in [5.74, 6) is -0.722. The van der Waals surface area contributed by atoms with E-state index < -0.39 is 5.97 Å². The molecule has 2 aromatic rings. The lowest BCUT2D eigenvalue weighted by Crippen LogP contribution is -2.01. The van der Waals surface area contributed by atoms with E-state index in [1.165, 1.54) is 12.4 Å². The first-order valence-corrected chi connectivity index (χ1v) is 5.11. The summed E-state index contributed by atoms with van der Waals surface area (Å²) >= 11 is 5.75. The van der Waals surface area contributed by atoms with E-state index in [-0.39, 0.29) is 5.56 Å². The van der Waals surface area contributed by atoms with Crippen molar-refractivity contribution in [3.8, 4) is 0 Å². The third kappa shape index (κ3) is 2.92. The van der Waals surface area contributed by atoms with E-state index in [1.54, 1.807) is 24.3 Å². The van der Waals surface area contributed by atoms with Gasteiger partial charge in [0.25, 0.3) is 0 Å². The molecule has 0 aliphatic rings. The van der Waals surface area contributed by atoms with Crippen molar-refractivity contribution in [1.82, 2.24) is 9.97 Å². The van der Waals surface area contributed by atoms with Gasteiger partial charge in [-0.15, -0.1) is 0 Å². The van der Waals surface area contributed by atoms with Crippen LogP contribution in [-0.4, -0.2) is 21.0 Å². The SMILES string of the molecule is O=C(O)c1cnc(Nc2ccc(Cl)cc2)nc1. The minimum absolute atomic E-state index is 0.0478. The summed E-state index contributed by atoms with van der Waals surface area (Å²) in [6, 6.07) is 7.01. The van der Waals surface area contributed by atoms with Gasteiger partial charge in [0.15, 0.2) is 0 Å². The molecule has 17 heavy (non-hydrogen) atoms. The molecule has 0 saturated carbocycles. The van der Waals surface area contributed by atoms with E-state index >= 15 is 0 Å². The number of nitrogens with zero attached hydrogens (tertiary/aromatic N) is 2. The summed E-state index contributed by atoms with van der Waals surface area (Å²) < 4.78 is 0. The van der Waals surface area contributed by atoms with Crippen molar-refractivity contribution in [2.45, 2.75) is 0 Å². The number of hydrogen-bond donors (Lipinski definition) is 2. The molecule has 1 aromatic carbocycles. The van der Waals surface area contributed by atoms with E-state index in [1.807, 2.05) is 0 Å². The van der Waals surface area contributed by atoms with Gasteiger partial charge >= 0.3 is 5.97 Å². The molecule has 0 atom stereocenters. The monoisotopic (exact) mass is 249 g/mol. The molecule has 0 aliphatic carbocycles. The maximum atomic E-state index is 10.6.